The van der Waals surface area contributed by atoms with E-state index in [1.54, 1.807) is 18.2 Å². The first-order valence-electron chi connectivity index (χ1n) is 23.0. The number of nitrogens with two attached hydrogens (primary N) is 2. The molecule has 0 radical (unpaired) electrons. The van der Waals surface area contributed by atoms with Crippen LogP contribution in [-0.4, -0.2) is 88.6 Å². The maximum Gasteiger partial charge on any atom is 0.472 e. The van der Waals surface area contributed by atoms with Crippen LogP contribution >= 0.6 is 19.6 Å². The highest BCUT2D eigenvalue weighted by atomic mass is 32.2. The molecule has 0 aliphatic heterocycles. The number of unbranched alkanes of at least 4 members (excludes halogenated alkanes) is 3. The smallest absolute Gasteiger partial charge is 0.472 e. The summed E-state index contributed by atoms with van der Waals surface area (Å²) in [6.07, 6.45) is 50.1. The van der Waals surface area contributed by atoms with Crippen LogP contribution in [-0.2, 0) is 37.5 Å². The second-order valence-electron chi connectivity index (χ2n) is 14.7. The van der Waals surface area contributed by atoms with Crippen molar-refractivity contribution < 1.29 is 52.6 Å². The molecule has 0 aliphatic carbocycles. The van der Waals surface area contributed by atoms with Crippen LogP contribution in [0.25, 0.3) is 0 Å². The Labute approximate surface area is 393 Å². The molecule has 13 nitrogen and oxygen atoms in total. The second kappa shape index (κ2) is 44.0. The van der Waals surface area contributed by atoms with Crippen molar-refractivity contribution in [3.8, 4) is 0 Å². The molecule has 5 atom stereocenters. The van der Waals surface area contributed by atoms with Gasteiger partial charge in [-0.25, -0.2) is 4.57 Å². The molecular weight excluding hydrogens is 868 g/mol. The van der Waals surface area contributed by atoms with Crippen molar-refractivity contribution >= 4 is 37.5 Å². The molecule has 366 valence electrons. The number of phosphoric ester groups is 1. The normalized spacial score (nSPS) is 15.7. The third-order valence-corrected chi connectivity index (χ3v) is 11.2. The predicted molar refractivity (Wildman–Crippen MR) is 266 cm³/mol. The molecular formula is C50H79N2O11PS. The molecule has 0 aromatic carbocycles. The summed E-state index contributed by atoms with van der Waals surface area (Å²) in [5.74, 6) is -2.45. The number of carboxylic acid groups (broad SMARTS) is 1. The van der Waals surface area contributed by atoms with Crippen molar-refractivity contribution in [1.82, 2.24) is 0 Å². The van der Waals surface area contributed by atoms with Crippen LogP contribution < -0.4 is 11.5 Å². The summed E-state index contributed by atoms with van der Waals surface area (Å²) >= 11 is 1.18. The number of carbonyl (C=O) groups is 3. The molecule has 7 N–H and O–H groups in total. The first-order valence-corrected chi connectivity index (χ1v) is 25.5. The van der Waals surface area contributed by atoms with Crippen molar-refractivity contribution in [2.24, 2.45) is 11.5 Å². The van der Waals surface area contributed by atoms with Crippen LogP contribution in [0.5, 0.6) is 0 Å². The van der Waals surface area contributed by atoms with Gasteiger partial charge < -0.3 is 36.0 Å². The SMILES string of the molecule is CC/C=C\C/C=C\C/C=C\C/C=C\C/C=C\C/C=C\CCC(=O)OC[C@H](COP(=O)(O)OCCN)OC(=O)[C@@H](N)CS[C@H](/C=C/C=C/C=C\C/C=C\CCCCC)[C@@H](O)CCCC(=O)O. The molecule has 65 heavy (non-hydrogen) atoms. The maximum atomic E-state index is 13.1. The van der Waals surface area contributed by atoms with Gasteiger partial charge in [0.05, 0.1) is 19.3 Å². The summed E-state index contributed by atoms with van der Waals surface area (Å²) in [4.78, 5) is 46.7. The number of aliphatic carboxylic acids is 1. The first-order chi connectivity index (χ1) is 31.4. The standard InChI is InChI=1S/C50H79N2O11PS/c1-3-5-7-9-11-13-15-17-18-19-20-21-22-23-25-27-29-31-33-38-49(56)60-41-44(42-62-64(58,59)61-40-39-51)63-50(57)45(52)43-65-47(46(53)35-34-37-48(54)55)36-32-30-28-26-24-16-14-12-10-8-6-4-2/h5,7,11-14,17-18,20-21,23-26,28-32,36,44-47,53H,3-4,6,8-10,15-16,19,22,27,33-35,37-43,51-52H2,1-2H3,(H,54,55)(H,58,59)/b7-5-,13-11-,14-12-,18-17-,21-20-,25-23-,26-24-,30-28+,31-29-,36-32+/t44-,45+,46+,47-/m1/s1. The van der Waals surface area contributed by atoms with Gasteiger partial charge in [0.2, 0.25) is 0 Å². The maximum absolute atomic E-state index is 13.1. The molecule has 0 rings (SSSR count). The number of carboxylic acids is 1. The third-order valence-electron chi connectivity index (χ3n) is 8.84. The topological polar surface area (TPSA) is 218 Å². The van der Waals surface area contributed by atoms with Gasteiger partial charge in [0.25, 0.3) is 0 Å². The molecule has 0 spiro atoms. The number of aliphatic hydroxyl groups is 1. The highest BCUT2D eigenvalue weighted by molar-refractivity contribution is 8.00. The number of hydrogen-bond donors (Lipinski definition) is 5. The van der Waals surface area contributed by atoms with E-state index in [-0.39, 0.29) is 44.6 Å². The largest absolute Gasteiger partial charge is 0.481 e. The Kier molecular flexibility index (Phi) is 41.4. The zero-order chi connectivity index (χ0) is 48.1. The third kappa shape index (κ3) is 41.3. The van der Waals surface area contributed by atoms with E-state index in [9.17, 15) is 28.9 Å². The zero-order valence-electron chi connectivity index (χ0n) is 38.8. The molecule has 15 heteroatoms. The second-order valence-corrected chi connectivity index (χ2v) is 17.4. The van der Waals surface area contributed by atoms with Gasteiger partial charge in [-0.1, -0.05) is 148 Å². The Morgan fingerprint density at radius 3 is 1.85 bits per heavy atom. The minimum Gasteiger partial charge on any atom is -0.481 e. The highest BCUT2D eigenvalue weighted by Gasteiger charge is 2.28. The Morgan fingerprint density at radius 1 is 0.692 bits per heavy atom. The molecule has 0 bridgehead atoms. The van der Waals surface area contributed by atoms with Crippen molar-refractivity contribution in [2.75, 3.05) is 32.1 Å². The predicted octanol–water partition coefficient (Wildman–Crippen LogP) is 10.3. The van der Waals surface area contributed by atoms with Crippen LogP contribution in [0.4, 0.5) is 0 Å². The highest BCUT2D eigenvalue weighted by Crippen LogP contribution is 2.43. The number of phosphoric acid groups is 1. The van der Waals surface area contributed by atoms with Gasteiger partial charge in [-0.05, 0) is 77.0 Å². The van der Waals surface area contributed by atoms with E-state index in [1.807, 2.05) is 36.5 Å². The number of hydrogen-bond acceptors (Lipinski definition) is 12. The van der Waals surface area contributed by atoms with E-state index in [1.165, 1.54) is 31.0 Å². The number of carbonyl (C=O) groups excluding carboxylic acids is 2. The van der Waals surface area contributed by atoms with Gasteiger partial charge in [0.15, 0.2) is 6.10 Å². The van der Waals surface area contributed by atoms with E-state index >= 15 is 0 Å². The van der Waals surface area contributed by atoms with Crippen LogP contribution in [0.3, 0.4) is 0 Å². The Balaban J connectivity index is 5.16. The first kappa shape index (κ1) is 61.1. The van der Waals surface area contributed by atoms with Crippen LogP contribution in [0.1, 0.15) is 117 Å². The van der Waals surface area contributed by atoms with E-state index in [2.05, 4.69) is 80.7 Å². The number of aliphatic hydroxyl groups excluding tert-OH is 1. The molecule has 0 aromatic rings. The van der Waals surface area contributed by atoms with Crippen molar-refractivity contribution in [2.45, 2.75) is 140 Å². The van der Waals surface area contributed by atoms with E-state index in [0.717, 1.165) is 44.9 Å². The molecule has 1 unspecified atom stereocenters. The molecule has 0 saturated carbocycles. The van der Waals surface area contributed by atoms with Gasteiger partial charge >= 0.3 is 25.7 Å². The fourth-order valence-corrected chi connectivity index (χ4v) is 7.21. The number of rotatable bonds is 41. The molecule has 0 heterocycles. The zero-order valence-corrected chi connectivity index (χ0v) is 40.5. The molecule has 0 amide bonds. The van der Waals surface area contributed by atoms with Crippen molar-refractivity contribution in [3.63, 3.8) is 0 Å². The minimum atomic E-state index is -4.57. The number of thioether (sulfide) groups is 1. The molecule has 0 fully saturated rings. The summed E-state index contributed by atoms with van der Waals surface area (Å²) < 4.78 is 32.8. The van der Waals surface area contributed by atoms with Gasteiger partial charge in [-0.3, -0.25) is 23.4 Å². The van der Waals surface area contributed by atoms with Crippen LogP contribution in [0, 0.1) is 0 Å². The van der Waals surface area contributed by atoms with Crippen molar-refractivity contribution in [1.29, 1.82) is 0 Å². The van der Waals surface area contributed by atoms with E-state index < -0.39 is 62.4 Å². The lowest BCUT2D eigenvalue weighted by Gasteiger charge is -2.23. The summed E-state index contributed by atoms with van der Waals surface area (Å²) in [5, 5.41) is 19.4. The summed E-state index contributed by atoms with van der Waals surface area (Å²) in [6.45, 7) is 2.88. The van der Waals surface area contributed by atoms with Gasteiger partial charge in [-0.2, -0.15) is 0 Å². The monoisotopic (exact) mass is 947 g/mol. The van der Waals surface area contributed by atoms with E-state index in [4.69, 9.17) is 35.1 Å². The fourth-order valence-electron chi connectivity index (χ4n) is 5.32. The minimum absolute atomic E-state index is 0.00450. The van der Waals surface area contributed by atoms with Crippen LogP contribution in [0.2, 0.25) is 0 Å². The Bertz CT molecular complexity index is 1600. The lowest BCUT2D eigenvalue weighted by Crippen LogP contribution is -2.40. The summed E-state index contributed by atoms with van der Waals surface area (Å²) in [7, 11) is -4.57. The van der Waals surface area contributed by atoms with Gasteiger partial charge in [-0.15, -0.1) is 11.8 Å². The summed E-state index contributed by atoms with van der Waals surface area (Å²) in [5.41, 5.74) is 11.5. The van der Waals surface area contributed by atoms with Gasteiger partial charge in [0, 0.05) is 30.4 Å². The molecule has 0 aliphatic rings. The molecule has 0 saturated heterocycles. The average molecular weight is 947 g/mol. The number of ether oxygens (including phenoxy) is 2. The Hall–Kier alpha value is -3.85. The lowest BCUT2D eigenvalue weighted by atomic mass is 10.1. The van der Waals surface area contributed by atoms with Gasteiger partial charge in [0.1, 0.15) is 12.6 Å². The Morgan fingerprint density at radius 2 is 1.26 bits per heavy atom. The molecule has 0 aromatic heterocycles. The van der Waals surface area contributed by atoms with Crippen LogP contribution in [0.15, 0.2) is 122 Å². The lowest BCUT2D eigenvalue weighted by molar-refractivity contribution is -0.161. The fraction of sp³-hybridized carbons (Fsp3) is 0.540. The summed E-state index contributed by atoms with van der Waals surface area (Å²) in [6, 6.07) is -1.21. The quantitative estimate of drug-likeness (QED) is 0.0127. The number of esters is 2. The van der Waals surface area contributed by atoms with E-state index in [0.29, 0.717) is 12.8 Å². The van der Waals surface area contributed by atoms with Crippen molar-refractivity contribution in [3.05, 3.63) is 122 Å². The number of allylic oxidation sites excluding steroid dienone is 19. The average Bonchev–Trinajstić information content (AvgIpc) is 3.28.